The Kier molecular flexibility index (Phi) is 7.87. The molecule has 0 bridgehead atoms. The van der Waals surface area contributed by atoms with Crippen LogP contribution in [0.2, 0.25) is 5.02 Å². The van der Waals surface area contributed by atoms with Gasteiger partial charge < -0.3 is 29.3 Å². The first-order valence-corrected chi connectivity index (χ1v) is 12.7. The number of nitrogens with zero attached hydrogens (tertiary/aromatic N) is 4. The van der Waals surface area contributed by atoms with Crippen LogP contribution in [0.4, 0.5) is 15.9 Å². The van der Waals surface area contributed by atoms with Crippen LogP contribution in [0.3, 0.4) is 0 Å². The standard InChI is InChI=1S/C26H29ClFN5O4/c1-35-23-14-22-19(26(30-16-29-22)31-17-2-3-21(28)20(27)12-17)13-24(23)37-18-4-6-32(7-5-18)8-9-33-10-11-36-15-25(33)34/h2-3,12-14,16,18H,4-11,15H2,1H3,(H,29,30,31). The highest BCUT2D eigenvalue weighted by atomic mass is 35.5. The lowest BCUT2D eigenvalue weighted by Crippen LogP contribution is -2.47. The van der Waals surface area contributed by atoms with Gasteiger partial charge in [-0.3, -0.25) is 4.79 Å². The van der Waals surface area contributed by atoms with Crippen LogP contribution in [0.1, 0.15) is 12.8 Å². The molecule has 37 heavy (non-hydrogen) atoms. The molecule has 2 saturated heterocycles. The molecule has 9 nitrogen and oxygen atoms in total. The maximum atomic E-state index is 13.6. The molecule has 3 aromatic rings. The number of halogens is 2. The average molecular weight is 530 g/mol. The second kappa shape index (κ2) is 11.5. The van der Waals surface area contributed by atoms with E-state index < -0.39 is 5.82 Å². The lowest BCUT2D eigenvalue weighted by molar-refractivity contribution is -0.142. The number of rotatable bonds is 8. The van der Waals surface area contributed by atoms with Crippen molar-refractivity contribution >= 4 is 39.9 Å². The molecule has 11 heteroatoms. The summed E-state index contributed by atoms with van der Waals surface area (Å²) in [4.78, 5) is 24.9. The quantitative estimate of drug-likeness (QED) is 0.470. The van der Waals surface area contributed by atoms with Gasteiger partial charge in [-0.05, 0) is 37.1 Å². The van der Waals surface area contributed by atoms with Gasteiger partial charge in [0.2, 0.25) is 5.91 Å². The van der Waals surface area contributed by atoms with Crippen LogP contribution >= 0.6 is 11.6 Å². The van der Waals surface area contributed by atoms with Crippen molar-refractivity contribution < 1.29 is 23.4 Å². The number of hydrogen-bond donors (Lipinski definition) is 1. The summed E-state index contributed by atoms with van der Waals surface area (Å²) in [6.45, 7) is 4.80. The number of morpholine rings is 1. The normalized spacial score (nSPS) is 17.3. The van der Waals surface area contributed by atoms with E-state index in [0.29, 0.717) is 41.7 Å². The zero-order valence-electron chi connectivity index (χ0n) is 20.6. The van der Waals surface area contributed by atoms with E-state index in [0.717, 1.165) is 44.4 Å². The highest BCUT2D eigenvalue weighted by molar-refractivity contribution is 6.31. The summed E-state index contributed by atoms with van der Waals surface area (Å²) in [5.41, 5.74) is 1.29. The van der Waals surface area contributed by atoms with E-state index in [2.05, 4.69) is 20.2 Å². The fourth-order valence-corrected chi connectivity index (χ4v) is 4.79. The average Bonchev–Trinajstić information content (AvgIpc) is 2.91. The van der Waals surface area contributed by atoms with Crippen molar-refractivity contribution in [2.24, 2.45) is 0 Å². The summed E-state index contributed by atoms with van der Waals surface area (Å²) >= 11 is 5.94. The molecule has 1 aromatic heterocycles. The molecule has 0 spiro atoms. The van der Waals surface area contributed by atoms with Gasteiger partial charge in [0.15, 0.2) is 11.5 Å². The van der Waals surface area contributed by atoms with E-state index in [-0.39, 0.29) is 23.6 Å². The molecule has 0 atom stereocenters. The van der Waals surface area contributed by atoms with Crippen molar-refractivity contribution in [1.82, 2.24) is 19.8 Å². The van der Waals surface area contributed by atoms with Crippen LogP contribution in [-0.2, 0) is 9.53 Å². The van der Waals surface area contributed by atoms with Gasteiger partial charge in [-0.25, -0.2) is 14.4 Å². The van der Waals surface area contributed by atoms with Crippen LogP contribution in [-0.4, -0.2) is 84.8 Å². The highest BCUT2D eigenvalue weighted by Crippen LogP contribution is 2.36. The first-order chi connectivity index (χ1) is 18.0. The SMILES string of the molecule is COc1cc2ncnc(Nc3ccc(F)c(Cl)c3)c2cc1OC1CCN(CCN2CCOCC2=O)CC1. The van der Waals surface area contributed by atoms with Gasteiger partial charge in [-0.1, -0.05) is 11.6 Å². The molecule has 0 unspecified atom stereocenters. The maximum absolute atomic E-state index is 13.6. The monoisotopic (exact) mass is 529 g/mol. The Hall–Kier alpha value is -3.21. The van der Waals surface area contributed by atoms with Crippen LogP contribution in [0.25, 0.3) is 10.9 Å². The van der Waals surface area contributed by atoms with E-state index in [1.807, 2.05) is 17.0 Å². The van der Waals surface area contributed by atoms with Gasteiger partial charge in [0.25, 0.3) is 0 Å². The van der Waals surface area contributed by atoms with Gasteiger partial charge in [0.1, 0.15) is 30.7 Å². The number of amides is 1. The number of carbonyl (C=O) groups is 1. The number of fused-ring (bicyclic) bond motifs is 1. The zero-order valence-corrected chi connectivity index (χ0v) is 21.3. The number of piperidine rings is 1. The van der Waals surface area contributed by atoms with E-state index in [4.69, 9.17) is 25.8 Å². The number of anilines is 2. The lowest BCUT2D eigenvalue weighted by atomic mass is 10.1. The van der Waals surface area contributed by atoms with E-state index in [9.17, 15) is 9.18 Å². The molecule has 1 amide bonds. The summed E-state index contributed by atoms with van der Waals surface area (Å²) in [6, 6.07) is 8.10. The third-order valence-corrected chi connectivity index (χ3v) is 6.99. The molecule has 1 N–H and O–H groups in total. The van der Waals surface area contributed by atoms with Crippen molar-refractivity contribution in [3.8, 4) is 11.5 Å². The highest BCUT2D eigenvalue weighted by Gasteiger charge is 2.24. The predicted molar refractivity (Wildman–Crippen MR) is 138 cm³/mol. The second-order valence-electron chi connectivity index (χ2n) is 9.09. The Labute approximate surface area is 219 Å². The fraction of sp³-hybridized carbons (Fsp3) is 0.423. The fourth-order valence-electron chi connectivity index (χ4n) is 4.61. The molecule has 0 radical (unpaired) electrons. The second-order valence-corrected chi connectivity index (χ2v) is 9.50. The molecule has 2 aromatic carbocycles. The Balaban J connectivity index is 1.25. The Morgan fingerprint density at radius 1 is 1.14 bits per heavy atom. The number of likely N-dealkylation sites (tertiary alicyclic amines) is 1. The molecule has 2 fully saturated rings. The Morgan fingerprint density at radius 2 is 1.97 bits per heavy atom. The maximum Gasteiger partial charge on any atom is 0.248 e. The number of ether oxygens (including phenoxy) is 3. The molecule has 0 aliphatic carbocycles. The number of aromatic nitrogens is 2. The Bertz CT molecular complexity index is 1270. The minimum atomic E-state index is -0.485. The summed E-state index contributed by atoms with van der Waals surface area (Å²) in [7, 11) is 1.60. The smallest absolute Gasteiger partial charge is 0.248 e. The largest absolute Gasteiger partial charge is 0.493 e. The molecule has 196 valence electrons. The van der Waals surface area contributed by atoms with Crippen LogP contribution in [0.15, 0.2) is 36.7 Å². The first kappa shape index (κ1) is 25.4. The number of hydrogen-bond acceptors (Lipinski definition) is 8. The number of nitrogens with one attached hydrogen (secondary N) is 1. The van der Waals surface area contributed by atoms with Gasteiger partial charge in [-0.15, -0.1) is 0 Å². The number of carbonyl (C=O) groups excluding carboxylic acids is 1. The lowest BCUT2D eigenvalue weighted by Gasteiger charge is -2.34. The van der Waals surface area contributed by atoms with Crippen molar-refractivity contribution in [3.63, 3.8) is 0 Å². The van der Waals surface area contributed by atoms with Crippen molar-refractivity contribution in [1.29, 1.82) is 0 Å². The molecule has 0 saturated carbocycles. The van der Waals surface area contributed by atoms with Gasteiger partial charge in [0.05, 0.1) is 24.3 Å². The molecule has 2 aliphatic rings. The topological polar surface area (TPSA) is 89.1 Å². The van der Waals surface area contributed by atoms with Crippen molar-refractivity contribution in [2.75, 3.05) is 58.4 Å². The molecular weight excluding hydrogens is 501 g/mol. The predicted octanol–water partition coefficient (Wildman–Crippen LogP) is 3.88. The minimum absolute atomic E-state index is 0.0249. The first-order valence-electron chi connectivity index (χ1n) is 12.3. The van der Waals surface area contributed by atoms with Crippen molar-refractivity contribution in [3.05, 3.63) is 47.5 Å². The van der Waals surface area contributed by atoms with Crippen LogP contribution in [0, 0.1) is 5.82 Å². The summed E-state index contributed by atoms with van der Waals surface area (Å²) < 4.78 is 30.8. The van der Waals surface area contributed by atoms with Crippen LogP contribution in [0.5, 0.6) is 11.5 Å². The number of benzene rings is 2. The van der Waals surface area contributed by atoms with E-state index in [1.165, 1.54) is 18.5 Å². The molecule has 2 aliphatic heterocycles. The van der Waals surface area contributed by atoms with E-state index >= 15 is 0 Å². The third kappa shape index (κ3) is 6.03. The third-order valence-electron chi connectivity index (χ3n) is 6.70. The zero-order chi connectivity index (χ0) is 25.8. The Morgan fingerprint density at radius 3 is 2.73 bits per heavy atom. The molecular formula is C26H29ClFN5O4. The number of methoxy groups -OCH3 is 1. The van der Waals surface area contributed by atoms with Gasteiger partial charge >= 0.3 is 0 Å². The molecule has 5 rings (SSSR count). The summed E-state index contributed by atoms with van der Waals surface area (Å²) in [6.07, 6.45) is 3.21. The minimum Gasteiger partial charge on any atom is -0.493 e. The van der Waals surface area contributed by atoms with E-state index in [1.54, 1.807) is 13.2 Å². The van der Waals surface area contributed by atoms with Crippen LogP contribution < -0.4 is 14.8 Å². The molecule has 3 heterocycles. The summed E-state index contributed by atoms with van der Waals surface area (Å²) in [5.74, 6) is 1.33. The summed E-state index contributed by atoms with van der Waals surface area (Å²) in [5, 5.41) is 3.96. The van der Waals surface area contributed by atoms with Gasteiger partial charge in [0, 0.05) is 49.9 Å². The van der Waals surface area contributed by atoms with Crippen molar-refractivity contribution in [2.45, 2.75) is 18.9 Å². The van der Waals surface area contributed by atoms with Gasteiger partial charge in [-0.2, -0.15) is 0 Å².